The summed E-state index contributed by atoms with van der Waals surface area (Å²) in [6, 6.07) is 12.5. The molecule has 1 aliphatic heterocycles. The third-order valence-electron chi connectivity index (χ3n) is 3.92. The quantitative estimate of drug-likeness (QED) is 0.624. The van der Waals surface area contributed by atoms with Crippen molar-refractivity contribution in [3.63, 3.8) is 0 Å². The van der Waals surface area contributed by atoms with Crippen LogP contribution in [0.2, 0.25) is 0 Å². The smallest absolute Gasteiger partial charge is 0.231 e. The second-order valence-corrected chi connectivity index (χ2v) is 5.17. The minimum atomic E-state index is 0.386. The van der Waals surface area contributed by atoms with Gasteiger partial charge in [-0.25, -0.2) is 0 Å². The molecule has 3 rings (SSSR count). The average molecular weight is 267 g/mol. The summed E-state index contributed by atoms with van der Waals surface area (Å²) in [7, 11) is 0. The summed E-state index contributed by atoms with van der Waals surface area (Å²) < 4.78 is 5.53. The highest BCUT2D eigenvalue weighted by Crippen LogP contribution is 2.32. The number of hydrogen-bond donors (Lipinski definition) is 1. The van der Waals surface area contributed by atoms with E-state index in [-0.39, 0.29) is 0 Å². The van der Waals surface area contributed by atoms with Gasteiger partial charge in [-0.2, -0.15) is 0 Å². The monoisotopic (exact) mass is 267 g/mol. The molecule has 0 aliphatic carbocycles. The number of benzene rings is 2. The molecule has 0 saturated carbocycles. The van der Waals surface area contributed by atoms with E-state index in [0.717, 1.165) is 17.7 Å². The van der Waals surface area contributed by atoms with Crippen LogP contribution in [0, 0.1) is 13.8 Å². The lowest BCUT2D eigenvalue weighted by molar-refractivity contribution is 0.298. The molecule has 102 valence electrons. The van der Waals surface area contributed by atoms with Gasteiger partial charge < -0.3 is 9.94 Å². The van der Waals surface area contributed by atoms with Gasteiger partial charge in [0.1, 0.15) is 5.75 Å². The highest BCUT2D eigenvalue weighted by atomic mass is 16.5. The van der Waals surface area contributed by atoms with E-state index in [4.69, 9.17) is 9.94 Å². The third-order valence-corrected chi connectivity index (χ3v) is 3.92. The fraction of sp³-hybridized carbons (Fsp3) is 0.235. The van der Waals surface area contributed by atoms with Crippen LogP contribution in [0.1, 0.15) is 23.1 Å². The van der Waals surface area contributed by atoms with Crippen molar-refractivity contribution < 1.29 is 9.94 Å². The van der Waals surface area contributed by atoms with Gasteiger partial charge in [0.2, 0.25) is 5.90 Å². The minimum absolute atomic E-state index is 0.386. The second kappa shape index (κ2) is 5.00. The van der Waals surface area contributed by atoms with Crippen LogP contribution in [-0.2, 0) is 6.42 Å². The van der Waals surface area contributed by atoms with E-state index in [2.05, 4.69) is 49.3 Å². The van der Waals surface area contributed by atoms with E-state index in [9.17, 15) is 0 Å². The summed E-state index contributed by atoms with van der Waals surface area (Å²) in [6.07, 6.45) is 1.48. The second-order valence-electron chi connectivity index (χ2n) is 5.17. The zero-order valence-corrected chi connectivity index (χ0v) is 11.7. The van der Waals surface area contributed by atoms with Crippen molar-refractivity contribution in [1.29, 1.82) is 0 Å². The van der Waals surface area contributed by atoms with Crippen LogP contribution >= 0.6 is 0 Å². The molecule has 2 aromatic carbocycles. The van der Waals surface area contributed by atoms with E-state index in [1.807, 2.05) is 6.07 Å². The van der Waals surface area contributed by atoms with Crippen molar-refractivity contribution in [3.8, 4) is 16.9 Å². The Balaban J connectivity index is 2.03. The van der Waals surface area contributed by atoms with Crippen LogP contribution < -0.4 is 4.74 Å². The number of nitrogens with zero attached hydrogens (tertiary/aromatic N) is 1. The van der Waals surface area contributed by atoms with Gasteiger partial charge in [0.25, 0.3) is 0 Å². The van der Waals surface area contributed by atoms with Crippen LogP contribution in [0.25, 0.3) is 11.1 Å². The predicted molar refractivity (Wildman–Crippen MR) is 79.5 cm³/mol. The summed E-state index contributed by atoms with van der Waals surface area (Å²) in [5.41, 5.74) is 6.23. The highest BCUT2D eigenvalue weighted by Gasteiger charge is 2.17. The summed E-state index contributed by atoms with van der Waals surface area (Å²) >= 11 is 0. The summed E-state index contributed by atoms with van der Waals surface area (Å²) in [5.74, 6) is 1.18. The molecule has 2 aromatic rings. The molecule has 0 aromatic heterocycles. The van der Waals surface area contributed by atoms with Gasteiger partial charge >= 0.3 is 0 Å². The van der Waals surface area contributed by atoms with E-state index in [1.165, 1.54) is 22.3 Å². The molecule has 3 nitrogen and oxygen atoms in total. The Morgan fingerprint density at radius 3 is 2.75 bits per heavy atom. The first-order valence-electron chi connectivity index (χ1n) is 6.77. The van der Waals surface area contributed by atoms with Crippen LogP contribution in [0.3, 0.4) is 0 Å². The molecule has 0 fully saturated rings. The predicted octanol–water partition coefficient (Wildman–Crippen LogP) is 4.08. The van der Waals surface area contributed by atoms with E-state index < -0.39 is 0 Å². The van der Waals surface area contributed by atoms with Crippen LogP contribution in [0.15, 0.2) is 41.6 Å². The maximum absolute atomic E-state index is 8.78. The molecule has 3 heteroatoms. The standard InChI is InChI=1S/C17H17NO2/c1-11-4-3-5-15(12(11)2)13-6-8-16-14(10-13)7-9-17(18-19)20-16/h3-6,8,10,19H,7,9H2,1-2H3. The van der Waals surface area contributed by atoms with Crippen molar-refractivity contribution in [2.75, 3.05) is 0 Å². The Hall–Kier alpha value is -2.29. The van der Waals surface area contributed by atoms with Crippen molar-refractivity contribution in [2.45, 2.75) is 26.7 Å². The Labute approximate surface area is 118 Å². The molecule has 1 aliphatic rings. The first-order chi connectivity index (χ1) is 9.69. The Morgan fingerprint density at radius 2 is 1.95 bits per heavy atom. The molecule has 0 bridgehead atoms. The number of aryl methyl sites for hydroxylation is 2. The van der Waals surface area contributed by atoms with Gasteiger partial charge in [0.15, 0.2) is 0 Å². The maximum Gasteiger partial charge on any atom is 0.231 e. The average Bonchev–Trinajstić information content (AvgIpc) is 2.49. The van der Waals surface area contributed by atoms with Crippen molar-refractivity contribution >= 4 is 5.90 Å². The lowest BCUT2D eigenvalue weighted by Crippen LogP contribution is -2.16. The lowest BCUT2D eigenvalue weighted by atomic mass is 9.94. The van der Waals surface area contributed by atoms with Crippen molar-refractivity contribution in [1.82, 2.24) is 0 Å². The molecule has 1 heterocycles. The molecule has 20 heavy (non-hydrogen) atoms. The Kier molecular flexibility index (Phi) is 3.18. The molecule has 0 unspecified atom stereocenters. The summed E-state index contributed by atoms with van der Waals surface area (Å²) in [5, 5.41) is 11.9. The minimum Gasteiger partial charge on any atom is -0.439 e. The molecule has 1 N–H and O–H groups in total. The zero-order valence-electron chi connectivity index (χ0n) is 11.7. The molecular formula is C17H17NO2. The van der Waals surface area contributed by atoms with Gasteiger partial charge in [0.05, 0.1) is 0 Å². The number of oxime groups is 1. The normalized spacial score (nSPS) is 15.8. The molecule has 0 spiro atoms. The van der Waals surface area contributed by atoms with Gasteiger partial charge in [-0.05, 0) is 60.2 Å². The Morgan fingerprint density at radius 1 is 1.10 bits per heavy atom. The topological polar surface area (TPSA) is 41.8 Å². The fourth-order valence-corrected chi connectivity index (χ4v) is 2.60. The fourth-order valence-electron chi connectivity index (χ4n) is 2.60. The van der Waals surface area contributed by atoms with Crippen LogP contribution in [-0.4, -0.2) is 11.1 Å². The van der Waals surface area contributed by atoms with E-state index in [0.29, 0.717) is 12.3 Å². The molecule has 0 amide bonds. The first-order valence-corrected chi connectivity index (χ1v) is 6.77. The van der Waals surface area contributed by atoms with E-state index >= 15 is 0 Å². The van der Waals surface area contributed by atoms with Crippen molar-refractivity contribution in [2.24, 2.45) is 5.16 Å². The SMILES string of the molecule is Cc1cccc(-c2ccc3c(c2)CCC(=NO)O3)c1C. The maximum atomic E-state index is 8.78. The third kappa shape index (κ3) is 2.16. The highest BCUT2D eigenvalue weighted by molar-refractivity contribution is 5.81. The summed E-state index contributed by atoms with van der Waals surface area (Å²) in [4.78, 5) is 0. The molecule has 0 saturated heterocycles. The number of rotatable bonds is 1. The number of hydrogen-bond acceptors (Lipinski definition) is 3. The molecule has 0 atom stereocenters. The van der Waals surface area contributed by atoms with Crippen molar-refractivity contribution in [3.05, 3.63) is 53.1 Å². The van der Waals surface area contributed by atoms with Gasteiger partial charge in [-0.1, -0.05) is 29.4 Å². The lowest BCUT2D eigenvalue weighted by Gasteiger charge is -2.19. The van der Waals surface area contributed by atoms with Crippen LogP contribution in [0.5, 0.6) is 5.75 Å². The largest absolute Gasteiger partial charge is 0.439 e. The van der Waals surface area contributed by atoms with Gasteiger partial charge in [-0.3, -0.25) is 0 Å². The molecule has 0 radical (unpaired) electrons. The number of ether oxygens (including phenoxy) is 1. The van der Waals surface area contributed by atoms with Crippen LogP contribution in [0.4, 0.5) is 0 Å². The first kappa shape index (κ1) is 12.7. The van der Waals surface area contributed by atoms with E-state index in [1.54, 1.807) is 0 Å². The van der Waals surface area contributed by atoms with Gasteiger partial charge in [0, 0.05) is 6.42 Å². The summed E-state index contributed by atoms with van der Waals surface area (Å²) in [6.45, 7) is 4.28. The molecular weight excluding hydrogens is 250 g/mol. The van der Waals surface area contributed by atoms with Gasteiger partial charge in [-0.15, -0.1) is 0 Å². The zero-order chi connectivity index (χ0) is 14.1. The number of fused-ring (bicyclic) bond motifs is 1. The Bertz CT molecular complexity index is 689.